The number of rotatable bonds is 4. The lowest BCUT2D eigenvalue weighted by atomic mass is 9.86. The van der Waals surface area contributed by atoms with Gasteiger partial charge in [0.1, 0.15) is 18.0 Å². The SMILES string of the molecule is COCc1nccc(N2CCCC(O)(c3ccc(Cl)cc3)C2)n1. The molecule has 1 N–H and O–H groups in total. The van der Waals surface area contributed by atoms with Crippen molar-refractivity contribution in [2.24, 2.45) is 0 Å². The summed E-state index contributed by atoms with van der Waals surface area (Å²) in [5, 5.41) is 11.8. The van der Waals surface area contributed by atoms with E-state index in [9.17, 15) is 5.11 Å². The van der Waals surface area contributed by atoms with E-state index >= 15 is 0 Å². The van der Waals surface area contributed by atoms with Crippen molar-refractivity contribution < 1.29 is 9.84 Å². The van der Waals surface area contributed by atoms with Crippen molar-refractivity contribution in [2.75, 3.05) is 25.1 Å². The van der Waals surface area contributed by atoms with Crippen molar-refractivity contribution in [3.05, 3.63) is 52.9 Å². The number of hydrogen-bond donors (Lipinski definition) is 1. The monoisotopic (exact) mass is 333 g/mol. The molecule has 0 amide bonds. The minimum atomic E-state index is -0.894. The topological polar surface area (TPSA) is 58.5 Å². The highest BCUT2D eigenvalue weighted by Gasteiger charge is 2.35. The summed E-state index contributed by atoms with van der Waals surface area (Å²) in [4.78, 5) is 10.8. The molecule has 1 aliphatic rings. The second-order valence-electron chi connectivity index (χ2n) is 5.83. The Hall–Kier alpha value is -1.69. The van der Waals surface area contributed by atoms with Crippen molar-refractivity contribution in [2.45, 2.75) is 25.0 Å². The molecule has 1 aliphatic heterocycles. The summed E-state index contributed by atoms with van der Waals surface area (Å²) in [6.45, 7) is 1.74. The fourth-order valence-electron chi connectivity index (χ4n) is 2.99. The second-order valence-corrected chi connectivity index (χ2v) is 6.26. The minimum Gasteiger partial charge on any atom is -0.383 e. The molecule has 0 radical (unpaired) electrons. The molecule has 2 heterocycles. The van der Waals surface area contributed by atoms with Crippen LogP contribution < -0.4 is 4.90 Å². The Labute approximate surface area is 140 Å². The number of β-amino-alcohol motifs (C(OH)–C–C–N with tert-alkyl or cyclic N) is 1. The molecule has 0 aliphatic carbocycles. The van der Waals surface area contributed by atoms with Crippen LogP contribution in [0.3, 0.4) is 0 Å². The fourth-order valence-corrected chi connectivity index (χ4v) is 3.12. The van der Waals surface area contributed by atoms with E-state index < -0.39 is 5.60 Å². The van der Waals surface area contributed by atoms with Crippen LogP contribution >= 0.6 is 11.6 Å². The molecule has 0 saturated carbocycles. The third kappa shape index (κ3) is 3.63. The maximum absolute atomic E-state index is 11.1. The average Bonchev–Trinajstić information content (AvgIpc) is 2.56. The molecule has 2 aromatic rings. The van der Waals surface area contributed by atoms with Crippen molar-refractivity contribution in [3.8, 4) is 0 Å². The molecule has 1 unspecified atom stereocenters. The first kappa shape index (κ1) is 16.2. The molecule has 0 bridgehead atoms. The number of hydrogen-bond acceptors (Lipinski definition) is 5. The number of aliphatic hydroxyl groups is 1. The predicted octanol–water partition coefficient (Wildman–Crippen LogP) is 2.76. The zero-order valence-electron chi connectivity index (χ0n) is 13.1. The van der Waals surface area contributed by atoms with Gasteiger partial charge >= 0.3 is 0 Å². The van der Waals surface area contributed by atoms with E-state index in [0.29, 0.717) is 24.0 Å². The first-order chi connectivity index (χ1) is 11.1. The van der Waals surface area contributed by atoms with Crippen LogP contribution in [0.25, 0.3) is 0 Å². The number of nitrogens with zero attached hydrogens (tertiary/aromatic N) is 3. The molecular weight excluding hydrogens is 314 g/mol. The van der Waals surface area contributed by atoms with Crippen LogP contribution in [0.15, 0.2) is 36.5 Å². The van der Waals surface area contributed by atoms with Gasteiger partial charge in [0.25, 0.3) is 0 Å². The fraction of sp³-hybridized carbons (Fsp3) is 0.412. The lowest BCUT2D eigenvalue weighted by Gasteiger charge is -2.40. The van der Waals surface area contributed by atoms with Crippen LogP contribution in [0.4, 0.5) is 5.82 Å². The van der Waals surface area contributed by atoms with Crippen molar-refractivity contribution in [3.63, 3.8) is 0 Å². The Kier molecular flexibility index (Phi) is 4.80. The van der Waals surface area contributed by atoms with Gasteiger partial charge in [-0.3, -0.25) is 0 Å². The van der Waals surface area contributed by atoms with Gasteiger partial charge in [0.05, 0.1) is 6.54 Å². The minimum absolute atomic E-state index is 0.378. The Morgan fingerprint density at radius 1 is 1.30 bits per heavy atom. The van der Waals surface area contributed by atoms with E-state index in [1.54, 1.807) is 13.3 Å². The third-order valence-corrected chi connectivity index (χ3v) is 4.39. The summed E-state index contributed by atoms with van der Waals surface area (Å²) in [7, 11) is 1.62. The van der Waals surface area contributed by atoms with E-state index in [1.807, 2.05) is 30.3 Å². The number of benzene rings is 1. The van der Waals surface area contributed by atoms with Gasteiger partial charge in [0.2, 0.25) is 0 Å². The highest BCUT2D eigenvalue weighted by Crippen LogP contribution is 2.33. The second kappa shape index (κ2) is 6.83. The van der Waals surface area contributed by atoms with Crippen molar-refractivity contribution in [1.29, 1.82) is 0 Å². The van der Waals surface area contributed by atoms with Crippen LogP contribution in [-0.2, 0) is 16.9 Å². The molecule has 5 nitrogen and oxygen atoms in total. The van der Waals surface area contributed by atoms with Gasteiger partial charge in [0, 0.05) is 24.9 Å². The summed E-state index contributed by atoms with van der Waals surface area (Å²) >= 11 is 5.95. The summed E-state index contributed by atoms with van der Waals surface area (Å²) in [6.07, 6.45) is 3.34. The zero-order chi connectivity index (χ0) is 16.3. The maximum Gasteiger partial charge on any atom is 0.156 e. The highest BCUT2D eigenvalue weighted by molar-refractivity contribution is 6.30. The smallest absolute Gasteiger partial charge is 0.156 e. The molecule has 1 fully saturated rings. The predicted molar refractivity (Wildman–Crippen MR) is 89.5 cm³/mol. The van der Waals surface area contributed by atoms with Crippen LogP contribution in [0.1, 0.15) is 24.2 Å². The van der Waals surface area contributed by atoms with Gasteiger partial charge in [-0.2, -0.15) is 0 Å². The number of anilines is 1. The van der Waals surface area contributed by atoms with Gasteiger partial charge in [0.15, 0.2) is 5.82 Å². The summed E-state index contributed by atoms with van der Waals surface area (Å²) < 4.78 is 5.09. The Bertz CT molecular complexity index is 665. The Morgan fingerprint density at radius 2 is 2.09 bits per heavy atom. The summed E-state index contributed by atoms with van der Waals surface area (Å²) in [5.74, 6) is 1.46. The maximum atomic E-state index is 11.1. The van der Waals surface area contributed by atoms with Gasteiger partial charge in [-0.1, -0.05) is 23.7 Å². The van der Waals surface area contributed by atoms with E-state index in [-0.39, 0.29) is 0 Å². The van der Waals surface area contributed by atoms with E-state index in [0.717, 1.165) is 30.8 Å². The lowest BCUT2D eigenvalue weighted by molar-refractivity contribution is 0.0217. The van der Waals surface area contributed by atoms with Gasteiger partial charge in [-0.25, -0.2) is 9.97 Å². The van der Waals surface area contributed by atoms with E-state index in [2.05, 4.69) is 14.9 Å². The third-order valence-electron chi connectivity index (χ3n) is 4.14. The molecule has 1 aromatic heterocycles. The van der Waals surface area contributed by atoms with Gasteiger partial charge in [-0.15, -0.1) is 0 Å². The largest absolute Gasteiger partial charge is 0.383 e. The molecule has 122 valence electrons. The summed E-state index contributed by atoms with van der Waals surface area (Å²) in [6, 6.07) is 9.28. The quantitative estimate of drug-likeness (QED) is 0.932. The lowest BCUT2D eigenvalue weighted by Crippen LogP contribution is -2.46. The first-order valence-electron chi connectivity index (χ1n) is 7.65. The molecule has 23 heavy (non-hydrogen) atoms. The highest BCUT2D eigenvalue weighted by atomic mass is 35.5. The van der Waals surface area contributed by atoms with Gasteiger partial charge < -0.3 is 14.7 Å². The molecule has 1 atom stereocenters. The van der Waals surface area contributed by atoms with Crippen molar-refractivity contribution in [1.82, 2.24) is 9.97 Å². The van der Waals surface area contributed by atoms with Crippen LogP contribution in [0, 0.1) is 0 Å². The number of ether oxygens (including phenoxy) is 1. The van der Waals surface area contributed by atoms with Crippen LogP contribution in [0.2, 0.25) is 5.02 Å². The number of aromatic nitrogens is 2. The standard InChI is InChI=1S/C17H20ClN3O2/c1-23-11-15-19-9-7-16(20-15)21-10-2-8-17(22,12-21)13-3-5-14(18)6-4-13/h3-7,9,22H,2,8,10-12H2,1H3. The number of halogens is 1. The Balaban J connectivity index is 1.82. The molecular formula is C17H20ClN3O2. The van der Waals surface area contributed by atoms with E-state index in [1.165, 1.54) is 0 Å². The average molecular weight is 334 g/mol. The van der Waals surface area contributed by atoms with E-state index in [4.69, 9.17) is 16.3 Å². The number of piperidine rings is 1. The first-order valence-corrected chi connectivity index (χ1v) is 8.03. The molecule has 1 aromatic carbocycles. The van der Waals surface area contributed by atoms with Crippen LogP contribution in [0.5, 0.6) is 0 Å². The van der Waals surface area contributed by atoms with Crippen LogP contribution in [-0.4, -0.2) is 35.3 Å². The van der Waals surface area contributed by atoms with Crippen molar-refractivity contribution >= 4 is 17.4 Å². The molecule has 6 heteroatoms. The normalized spacial score (nSPS) is 21.4. The molecule has 1 saturated heterocycles. The Morgan fingerprint density at radius 3 is 2.83 bits per heavy atom. The van der Waals surface area contributed by atoms with Gasteiger partial charge in [-0.05, 0) is 36.6 Å². The number of methoxy groups -OCH3 is 1. The summed E-state index contributed by atoms with van der Waals surface area (Å²) in [5.41, 5.74) is -0.00682. The molecule has 0 spiro atoms. The molecule has 3 rings (SSSR count). The zero-order valence-corrected chi connectivity index (χ0v) is 13.8.